The molecule has 0 aliphatic rings. The van der Waals surface area contributed by atoms with Crippen LogP contribution in [0.1, 0.15) is 10.4 Å². The molecule has 0 unspecified atom stereocenters. The minimum atomic E-state index is -0.531. The Morgan fingerprint density at radius 1 is 0.875 bits per heavy atom. The van der Waals surface area contributed by atoms with Crippen LogP contribution in [0.15, 0.2) is 78.9 Å². The molecule has 0 aliphatic carbocycles. The van der Waals surface area contributed by atoms with Crippen molar-refractivity contribution in [2.75, 3.05) is 27.8 Å². The summed E-state index contributed by atoms with van der Waals surface area (Å²) in [7, 11) is 0. The fraction of sp³-hybridized carbons (Fsp3) is 0. The van der Waals surface area contributed by atoms with E-state index in [0.29, 0.717) is 28.9 Å². The van der Waals surface area contributed by atoms with Gasteiger partial charge in [-0.1, -0.05) is 42.5 Å². The van der Waals surface area contributed by atoms with Gasteiger partial charge in [-0.25, -0.2) is 0 Å². The summed E-state index contributed by atoms with van der Waals surface area (Å²) in [4.78, 5) is 23.1. The number of phenols is 1. The van der Waals surface area contributed by atoms with Crippen molar-refractivity contribution in [3.63, 3.8) is 0 Å². The molecule has 2 amide bonds. The lowest BCUT2D eigenvalue weighted by molar-refractivity contribution is -0.105. The van der Waals surface area contributed by atoms with Crippen LogP contribution in [-0.4, -0.2) is 17.4 Å². The second-order valence-corrected chi connectivity index (χ2v) is 6.84. The van der Waals surface area contributed by atoms with E-state index in [-0.39, 0.29) is 17.0 Å². The van der Waals surface area contributed by atoms with Gasteiger partial charge in [0.05, 0.1) is 22.6 Å². The second-order valence-electron chi connectivity index (χ2n) is 6.84. The van der Waals surface area contributed by atoms with Crippen LogP contribution in [-0.2, 0) is 4.79 Å². The van der Waals surface area contributed by atoms with Gasteiger partial charge in [0.15, 0.2) is 5.75 Å². The summed E-state index contributed by atoms with van der Waals surface area (Å²) in [6, 6.07) is 22.9. The van der Waals surface area contributed by atoms with Crippen molar-refractivity contribution < 1.29 is 14.7 Å². The van der Waals surface area contributed by atoms with Crippen molar-refractivity contribution in [3.05, 3.63) is 84.4 Å². The summed E-state index contributed by atoms with van der Waals surface area (Å²) in [6.45, 7) is 0. The largest absolute Gasteiger partial charge is 0.505 e. The maximum absolute atomic E-state index is 12.5. The minimum absolute atomic E-state index is 0.0536. The number of benzene rings is 4. The third-order valence-electron chi connectivity index (χ3n) is 4.63. The molecule has 0 aliphatic heterocycles. The molecule has 32 heavy (non-hydrogen) atoms. The van der Waals surface area contributed by atoms with E-state index in [2.05, 4.69) is 10.6 Å². The molecule has 4 rings (SSSR count). The van der Waals surface area contributed by atoms with E-state index < -0.39 is 5.91 Å². The Morgan fingerprint density at radius 2 is 1.56 bits per heavy atom. The van der Waals surface area contributed by atoms with Crippen LogP contribution in [0.4, 0.5) is 28.4 Å². The van der Waals surface area contributed by atoms with Crippen molar-refractivity contribution >= 4 is 51.5 Å². The molecule has 0 spiro atoms. The predicted molar refractivity (Wildman–Crippen MR) is 129 cm³/mol. The van der Waals surface area contributed by atoms with Gasteiger partial charge in [0.1, 0.15) is 0 Å². The highest BCUT2D eigenvalue weighted by molar-refractivity contribution is 6.12. The number of aromatic hydroxyl groups is 1. The fourth-order valence-electron chi connectivity index (χ4n) is 3.01. The van der Waals surface area contributed by atoms with Gasteiger partial charge in [0.25, 0.3) is 5.91 Å². The van der Waals surface area contributed by atoms with Crippen LogP contribution >= 0.6 is 0 Å². The maximum Gasteiger partial charge on any atom is 0.259 e. The Kier molecular flexibility index (Phi) is 6.77. The number of nitrogens with two attached hydrogens (primary N) is 3. The van der Waals surface area contributed by atoms with Crippen molar-refractivity contribution in [1.82, 2.24) is 0 Å². The third-order valence-corrected chi connectivity index (χ3v) is 4.63. The molecule has 162 valence electrons. The Balaban J connectivity index is 0.000000352. The zero-order valence-electron chi connectivity index (χ0n) is 17.1. The first-order chi connectivity index (χ1) is 15.4. The summed E-state index contributed by atoms with van der Waals surface area (Å²) in [5, 5.41) is 16.8. The molecule has 0 radical (unpaired) electrons. The summed E-state index contributed by atoms with van der Waals surface area (Å²) in [6.07, 6.45) is 0.493. The highest BCUT2D eigenvalue weighted by Gasteiger charge is 2.17. The zero-order chi connectivity index (χ0) is 23.1. The van der Waals surface area contributed by atoms with E-state index >= 15 is 0 Å². The monoisotopic (exact) mass is 429 g/mol. The number of carbonyl (C=O) groups excluding carboxylic acids is 2. The summed E-state index contributed by atoms with van der Waals surface area (Å²) < 4.78 is 0. The van der Waals surface area contributed by atoms with E-state index in [1.807, 2.05) is 36.4 Å². The lowest BCUT2D eigenvalue weighted by atomic mass is 10.0. The lowest BCUT2D eigenvalue weighted by Gasteiger charge is -2.12. The van der Waals surface area contributed by atoms with Gasteiger partial charge in [-0.3, -0.25) is 9.59 Å². The summed E-state index contributed by atoms with van der Waals surface area (Å²) in [5.41, 5.74) is 19.2. The number of amides is 2. The summed E-state index contributed by atoms with van der Waals surface area (Å²) in [5.74, 6) is -0.810. The van der Waals surface area contributed by atoms with Crippen molar-refractivity contribution in [1.29, 1.82) is 0 Å². The van der Waals surface area contributed by atoms with Gasteiger partial charge in [-0.2, -0.15) is 0 Å². The van der Waals surface area contributed by atoms with E-state index in [4.69, 9.17) is 17.2 Å². The van der Waals surface area contributed by atoms with Crippen molar-refractivity contribution in [2.24, 2.45) is 0 Å². The Hall–Kier alpha value is -4.72. The molecule has 0 fully saturated rings. The van der Waals surface area contributed by atoms with E-state index in [1.165, 1.54) is 6.07 Å². The Bertz CT molecular complexity index is 1260. The highest BCUT2D eigenvalue weighted by Crippen LogP contribution is 2.34. The molecule has 0 saturated carbocycles. The molecule has 8 nitrogen and oxygen atoms in total. The van der Waals surface area contributed by atoms with Gasteiger partial charge >= 0.3 is 0 Å². The van der Waals surface area contributed by atoms with Crippen LogP contribution < -0.4 is 27.8 Å². The van der Waals surface area contributed by atoms with Gasteiger partial charge in [0, 0.05) is 16.8 Å². The predicted octanol–water partition coefficient (Wildman–Crippen LogP) is 3.80. The average molecular weight is 429 g/mol. The average Bonchev–Trinajstić information content (AvgIpc) is 2.79. The first kappa shape index (κ1) is 22.0. The van der Waals surface area contributed by atoms with Gasteiger partial charge in [-0.15, -0.1) is 0 Å². The first-order valence-electron chi connectivity index (χ1n) is 9.62. The van der Waals surface area contributed by atoms with Crippen LogP contribution in [0, 0.1) is 0 Å². The number of para-hydroxylation sites is 1. The molecule has 0 bridgehead atoms. The number of nitrogen functional groups attached to an aromatic ring is 3. The van der Waals surface area contributed by atoms with Crippen molar-refractivity contribution in [3.8, 4) is 5.75 Å². The van der Waals surface area contributed by atoms with Crippen LogP contribution in [0.5, 0.6) is 5.75 Å². The number of rotatable bonds is 4. The normalized spacial score (nSPS) is 10.0. The molecular weight excluding hydrogens is 406 g/mol. The van der Waals surface area contributed by atoms with E-state index in [1.54, 1.807) is 36.4 Å². The minimum Gasteiger partial charge on any atom is -0.505 e. The van der Waals surface area contributed by atoms with Crippen LogP contribution in [0.25, 0.3) is 10.8 Å². The quantitative estimate of drug-likeness (QED) is 0.165. The molecule has 0 heterocycles. The smallest absolute Gasteiger partial charge is 0.259 e. The van der Waals surface area contributed by atoms with Crippen LogP contribution in [0.3, 0.4) is 0 Å². The van der Waals surface area contributed by atoms with E-state index in [0.717, 1.165) is 11.1 Å². The third kappa shape index (κ3) is 5.06. The second kappa shape index (κ2) is 9.86. The number of nitrogens with one attached hydrogen (secondary N) is 2. The molecule has 4 aromatic rings. The van der Waals surface area contributed by atoms with Gasteiger partial charge in [0.2, 0.25) is 6.41 Å². The zero-order valence-corrected chi connectivity index (χ0v) is 17.1. The molecule has 4 aromatic carbocycles. The van der Waals surface area contributed by atoms with Crippen molar-refractivity contribution in [2.45, 2.75) is 0 Å². The number of anilines is 5. The SMILES string of the molecule is Nc1ccc(NC(=O)c2cc3ccccc3c(N)c2O)cc1NC=O.Nc1ccccc1. The number of hydrogen-bond acceptors (Lipinski definition) is 6. The Labute approximate surface area is 184 Å². The molecular formula is C24H23N5O3. The van der Waals surface area contributed by atoms with Gasteiger partial charge in [-0.05, 0) is 41.8 Å². The number of fused-ring (bicyclic) bond motifs is 1. The molecule has 8 heteroatoms. The standard InChI is InChI=1S/C18H16N4O3.C6H7N/c19-14-6-5-11(8-15(14)21-9-23)22-18(25)13-7-10-3-1-2-4-12(10)16(20)17(13)24;7-6-4-2-1-3-5-6/h1-9,24H,19-20H2,(H,21,23)(H,22,25);1-5H,7H2. The van der Waals surface area contributed by atoms with E-state index in [9.17, 15) is 14.7 Å². The topological polar surface area (TPSA) is 156 Å². The molecule has 0 aromatic heterocycles. The lowest BCUT2D eigenvalue weighted by Crippen LogP contribution is -2.13. The Morgan fingerprint density at radius 3 is 2.22 bits per heavy atom. The first-order valence-corrected chi connectivity index (χ1v) is 9.62. The highest BCUT2D eigenvalue weighted by atomic mass is 16.3. The molecule has 0 saturated heterocycles. The summed E-state index contributed by atoms with van der Waals surface area (Å²) >= 11 is 0. The maximum atomic E-state index is 12.5. The van der Waals surface area contributed by atoms with Gasteiger partial charge < -0.3 is 32.9 Å². The molecule has 0 atom stereocenters. The fourth-order valence-corrected chi connectivity index (χ4v) is 3.01. The number of phenolic OH excluding ortho intramolecular Hbond substituents is 1. The number of carbonyl (C=O) groups is 2. The number of hydrogen-bond donors (Lipinski definition) is 6. The van der Waals surface area contributed by atoms with Crippen LogP contribution in [0.2, 0.25) is 0 Å². The molecule has 9 N–H and O–H groups in total.